The molecular weight excluding hydrogens is 286 g/mol. The molecule has 0 radical (unpaired) electrons. The van der Waals surface area contributed by atoms with Crippen LogP contribution in [0.25, 0.3) is 0 Å². The molecule has 1 saturated heterocycles. The Hall–Kier alpha value is -0.650. The van der Waals surface area contributed by atoms with Gasteiger partial charge in [-0.2, -0.15) is 5.10 Å². The summed E-state index contributed by atoms with van der Waals surface area (Å²) < 4.78 is 2.07. The van der Waals surface area contributed by atoms with Crippen LogP contribution in [0, 0.1) is 0 Å². The number of aromatic nitrogens is 3. The normalized spacial score (nSPS) is 22.4. The fraction of sp³-hybridized carbons (Fsp3) is 0.867. The van der Waals surface area contributed by atoms with Gasteiger partial charge >= 0.3 is 0 Å². The quantitative estimate of drug-likeness (QED) is 0.930. The van der Waals surface area contributed by atoms with Gasteiger partial charge in [-0.15, -0.1) is 12.4 Å². The summed E-state index contributed by atoms with van der Waals surface area (Å²) in [7, 11) is 0. The molecule has 5 nitrogen and oxygen atoms in total. The third-order valence-electron chi connectivity index (χ3n) is 4.94. The third kappa shape index (κ3) is 3.41. The van der Waals surface area contributed by atoms with Crippen molar-refractivity contribution in [2.75, 3.05) is 19.6 Å². The largest absolute Gasteiger partial charge is 0.314 e. The molecule has 1 aromatic rings. The van der Waals surface area contributed by atoms with Crippen molar-refractivity contribution in [2.24, 2.45) is 0 Å². The summed E-state index contributed by atoms with van der Waals surface area (Å²) >= 11 is 0. The molecule has 2 aliphatic rings. The van der Waals surface area contributed by atoms with Crippen LogP contribution in [0.15, 0.2) is 6.33 Å². The highest BCUT2D eigenvalue weighted by Crippen LogP contribution is 2.35. The van der Waals surface area contributed by atoms with Crippen LogP contribution in [0.4, 0.5) is 0 Å². The maximum Gasteiger partial charge on any atom is 0.141 e. The number of piperazine rings is 1. The van der Waals surface area contributed by atoms with Crippen molar-refractivity contribution >= 4 is 12.4 Å². The summed E-state index contributed by atoms with van der Waals surface area (Å²) in [6.07, 6.45) is 8.50. The molecule has 1 aromatic heterocycles. The Bertz CT molecular complexity index is 431. The van der Waals surface area contributed by atoms with Gasteiger partial charge in [-0.05, 0) is 26.7 Å². The van der Waals surface area contributed by atoms with Gasteiger partial charge in [-0.3, -0.25) is 4.90 Å². The summed E-state index contributed by atoms with van der Waals surface area (Å²) in [6, 6.07) is 0.387. The number of nitrogens with zero attached hydrogens (tertiary/aromatic N) is 4. The Balaban J connectivity index is 0.00000161. The minimum absolute atomic E-state index is 0. The van der Waals surface area contributed by atoms with Crippen LogP contribution < -0.4 is 5.32 Å². The van der Waals surface area contributed by atoms with Crippen LogP contribution in [0.5, 0.6) is 0 Å². The number of hydrogen-bond donors (Lipinski definition) is 1. The Morgan fingerprint density at radius 2 is 2.05 bits per heavy atom. The summed E-state index contributed by atoms with van der Waals surface area (Å²) in [5.74, 6) is 1.12. The minimum atomic E-state index is 0. The number of hydrogen-bond acceptors (Lipinski definition) is 4. The highest BCUT2D eigenvalue weighted by Gasteiger charge is 2.40. The van der Waals surface area contributed by atoms with Crippen LogP contribution >= 0.6 is 12.4 Å². The standard InChI is InChI=1S/C15H27N5.ClH/c1-13(2)20-14(17-12-18-20)10-19-9-8-16-11-15(19)6-4-3-5-7-15;/h12-13,16H,3-11H2,1-2H3;1H. The highest BCUT2D eigenvalue weighted by atomic mass is 35.5. The van der Waals surface area contributed by atoms with Crippen LogP contribution in [0.2, 0.25) is 0 Å². The lowest BCUT2D eigenvalue weighted by Crippen LogP contribution is -2.61. The van der Waals surface area contributed by atoms with E-state index in [0.717, 1.165) is 32.0 Å². The lowest BCUT2D eigenvalue weighted by molar-refractivity contribution is 0.0176. The molecule has 2 heterocycles. The average Bonchev–Trinajstić information content (AvgIpc) is 2.91. The number of nitrogens with one attached hydrogen (secondary N) is 1. The van der Waals surface area contributed by atoms with E-state index in [1.807, 2.05) is 0 Å². The molecule has 0 amide bonds. The van der Waals surface area contributed by atoms with E-state index in [-0.39, 0.29) is 12.4 Å². The van der Waals surface area contributed by atoms with Crippen molar-refractivity contribution in [1.29, 1.82) is 0 Å². The van der Waals surface area contributed by atoms with Gasteiger partial charge < -0.3 is 5.32 Å². The van der Waals surface area contributed by atoms with Crippen molar-refractivity contribution in [3.8, 4) is 0 Å². The van der Waals surface area contributed by atoms with E-state index in [4.69, 9.17) is 0 Å². The van der Waals surface area contributed by atoms with Crippen molar-refractivity contribution in [3.05, 3.63) is 12.2 Å². The second kappa shape index (κ2) is 7.07. The maximum absolute atomic E-state index is 4.50. The summed E-state index contributed by atoms with van der Waals surface area (Å²) in [6.45, 7) is 8.66. The molecule has 21 heavy (non-hydrogen) atoms. The van der Waals surface area contributed by atoms with E-state index >= 15 is 0 Å². The van der Waals surface area contributed by atoms with E-state index in [9.17, 15) is 0 Å². The first-order valence-corrected chi connectivity index (χ1v) is 8.05. The molecule has 1 aliphatic carbocycles. The fourth-order valence-electron chi connectivity index (χ4n) is 3.82. The van der Waals surface area contributed by atoms with E-state index in [2.05, 4.69) is 38.8 Å². The molecule has 2 fully saturated rings. The molecule has 1 N–H and O–H groups in total. The van der Waals surface area contributed by atoms with Crippen LogP contribution in [0.3, 0.4) is 0 Å². The van der Waals surface area contributed by atoms with Gasteiger partial charge in [0.05, 0.1) is 6.54 Å². The van der Waals surface area contributed by atoms with Crippen LogP contribution in [-0.4, -0.2) is 44.8 Å². The zero-order valence-electron chi connectivity index (χ0n) is 13.2. The smallest absolute Gasteiger partial charge is 0.141 e. The summed E-state index contributed by atoms with van der Waals surface area (Å²) in [4.78, 5) is 7.17. The first-order chi connectivity index (χ1) is 9.71. The molecule has 6 heteroatoms. The second-order valence-corrected chi connectivity index (χ2v) is 6.60. The Morgan fingerprint density at radius 1 is 1.29 bits per heavy atom. The molecule has 0 aromatic carbocycles. The topological polar surface area (TPSA) is 46.0 Å². The Kier molecular flexibility index (Phi) is 5.63. The van der Waals surface area contributed by atoms with E-state index in [1.165, 1.54) is 32.1 Å². The predicted molar refractivity (Wildman–Crippen MR) is 86.8 cm³/mol. The molecule has 3 rings (SSSR count). The van der Waals surface area contributed by atoms with Crippen molar-refractivity contribution in [3.63, 3.8) is 0 Å². The van der Waals surface area contributed by atoms with E-state index in [1.54, 1.807) is 6.33 Å². The van der Waals surface area contributed by atoms with Gasteiger partial charge in [0.1, 0.15) is 12.2 Å². The first-order valence-electron chi connectivity index (χ1n) is 8.05. The zero-order chi connectivity index (χ0) is 14.0. The lowest BCUT2D eigenvalue weighted by Gasteiger charge is -2.49. The third-order valence-corrected chi connectivity index (χ3v) is 4.94. The molecule has 120 valence electrons. The van der Waals surface area contributed by atoms with Gasteiger partial charge in [-0.1, -0.05) is 19.3 Å². The fourth-order valence-corrected chi connectivity index (χ4v) is 3.82. The number of halogens is 1. The van der Waals surface area contributed by atoms with Crippen molar-refractivity contribution in [1.82, 2.24) is 25.0 Å². The van der Waals surface area contributed by atoms with Crippen molar-refractivity contribution in [2.45, 2.75) is 64.1 Å². The van der Waals surface area contributed by atoms with Crippen molar-refractivity contribution < 1.29 is 0 Å². The molecular formula is C15H28ClN5. The molecule has 1 spiro atoms. The van der Waals surface area contributed by atoms with E-state index in [0.29, 0.717) is 11.6 Å². The minimum Gasteiger partial charge on any atom is -0.314 e. The SMILES string of the molecule is CC(C)n1ncnc1CN1CCNCC12CCCCC2.Cl. The molecule has 0 unspecified atom stereocenters. The Labute approximate surface area is 133 Å². The summed E-state index contributed by atoms with van der Waals surface area (Å²) in [5.41, 5.74) is 0.365. The van der Waals surface area contributed by atoms with Gasteiger partial charge in [0.25, 0.3) is 0 Å². The maximum atomic E-state index is 4.50. The first kappa shape index (κ1) is 16.7. The van der Waals surface area contributed by atoms with Crippen LogP contribution in [-0.2, 0) is 6.54 Å². The molecule has 0 atom stereocenters. The predicted octanol–water partition coefficient (Wildman–Crippen LogP) is 2.39. The monoisotopic (exact) mass is 313 g/mol. The van der Waals surface area contributed by atoms with Gasteiger partial charge in [0.15, 0.2) is 0 Å². The van der Waals surface area contributed by atoms with Gasteiger partial charge in [0, 0.05) is 31.2 Å². The summed E-state index contributed by atoms with van der Waals surface area (Å²) in [5, 5.41) is 7.99. The average molecular weight is 314 g/mol. The highest BCUT2D eigenvalue weighted by molar-refractivity contribution is 5.85. The second-order valence-electron chi connectivity index (χ2n) is 6.60. The molecule has 1 saturated carbocycles. The van der Waals surface area contributed by atoms with Gasteiger partial charge in [-0.25, -0.2) is 9.67 Å². The van der Waals surface area contributed by atoms with Crippen LogP contribution in [0.1, 0.15) is 57.8 Å². The zero-order valence-corrected chi connectivity index (χ0v) is 14.0. The van der Waals surface area contributed by atoms with Gasteiger partial charge in [0.2, 0.25) is 0 Å². The molecule has 0 bridgehead atoms. The molecule has 1 aliphatic heterocycles. The number of rotatable bonds is 3. The van der Waals surface area contributed by atoms with E-state index < -0.39 is 0 Å². The Morgan fingerprint density at radius 3 is 2.76 bits per heavy atom. The lowest BCUT2D eigenvalue weighted by atomic mass is 9.79.